The number of carbonyl (C=O) groups is 1. The van der Waals surface area contributed by atoms with Crippen LogP contribution in [0.2, 0.25) is 0 Å². The lowest BCUT2D eigenvalue weighted by molar-refractivity contribution is -0.119. The molecule has 154 valence electrons. The number of halogens is 1. The molecule has 2 fully saturated rings. The van der Waals surface area contributed by atoms with E-state index in [2.05, 4.69) is 17.1 Å². The van der Waals surface area contributed by atoms with Crippen LogP contribution in [0.25, 0.3) is 0 Å². The lowest BCUT2D eigenvalue weighted by atomic mass is 9.79. The van der Waals surface area contributed by atoms with Gasteiger partial charge in [-0.1, -0.05) is 25.0 Å². The Balaban J connectivity index is 1.76. The molecule has 0 spiro atoms. The van der Waals surface area contributed by atoms with Gasteiger partial charge in [-0.2, -0.15) is 0 Å². The number of rotatable bonds is 6. The fourth-order valence-electron chi connectivity index (χ4n) is 4.75. The van der Waals surface area contributed by atoms with E-state index in [0.29, 0.717) is 18.9 Å². The molecule has 0 bridgehead atoms. The van der Waals surface area contributed by atoms with Crippen molar-refractivity contribution in [1.82, 2.24) is 10.2 Å². The topological polar surface area (TPSA) is 70.7 Å². The van der Waals surface area contributed by atoms with E-state index in [1.54, 1.807) is 12.1 Å². The van der Waals surface area contributed by atoms with E-state index >= 15 is 0 Å². The monoisotopic (exact) mass is 388 g/mol. The van der Waals surface area contributed by atoms with Gasteiger partial charge in [0.05, 0.1) is 6.54 Å². The second-order valence-electron chi connectivity index (χ2n) is 8.29. The molecule has 1 amide bonds. The first-order chi connectivity index (χ1) is 13.5. The molecule has 1 aliphatic carbocycles. The maximum absolute atomic E-state index is 13.4. The first-order valence-corrected chi connectivity index (χ1v) is 10.6. The second kappa shape index (κ2) is 9.39. The molecule has 1 aromatic carbocycles. The Morgan fingerprint density at radius 3 is 2.64 bits per heavy atom. The third-order valence-electron chi connectivity index (χ3n) is 6.19. The van der Waals surface area contributed by atoms with Gasteiger partial charge in [0.15, 0.2) is 5.96 Å². The first-order valence-electron chi connectivity index (χ1n) is 10.6. The van der Waals surface area contributed by atoms with E-state index in [9.17, 15) is 9.18 Å². The predicted octanol–water partition coefficient (Wildman–Crippen LogP) is 3.19. The van der Waals surface area contributed by atoms with Crippen molar-refractivity contribution in [2.24, 2.45) is 16.6 Å². The van der Waals surface area contributed by atoms with E-state index in [1.807, 2.05) is 12.1 Å². The minimum atomic E-state index is -0.227. The molecule has 3 N–H and O–H groups in total. The van der Waals surface area contributed by atoms with Crippen LogP contribution in [0.4, 0.5) is 4.39 Å². The highest BCUT2D eigenvalue weighted by Crippen LogP contribution is 2.41. The van der Waals surface area contributed by atoms with Crippen LogP contribution in [0.1, 0.15) is 57.4 Å². The van der Waals surface area contributed by atoms with E-state index in [4.69, 9.17) is 10.7 Å². The summed E-state index contributed by atoms with van der Waals surface area (Å²) < 4.78 is 13.4. The summed E-state index contributed by atoms with van der Waals surface area (Å²) in [5, 5.41) is 3.43. The number of piperidine rings is 1. The summed E-state index contributed by atoms with van der Waals surface area (Å²) in [6.07, 6.45) is 7.08. The van der Waals surface area contributed by atoms with Crippen molar-refractivity contribution >= 4 is 11.9 Å². The lowest BCUT2D eigenvalue weighted by Crippen LogP contribution is -2.47. The van der Waals surface area contributed by atoms with Crippen molar-refractivity contribution in [3.63, 3.8) is 0 Å². The third-order valence-corrected chi connectivity index (χ3v) is 6.19. The zero-order chi connectivity index (χ0) is 20.0. The number of aliphatic imine (C=N–C) groups is 1. The van der Waals surface area contributed by atoms with Gasteiger partial charge in [0.2, 0.25) is 5.91 Å². The number of guanidine groups is 1. The summed E-state index contributed by atoms with van der Waals surface area (Å²) >= 11 is 0. The molecule has 0 aromatic heterocycles. The molecule has 2 aliphatic rings. The average Bonchev–Trinajstić information content (AvgIpc) is 3.15. The molecule has 1 unspecified atom stereocenters. The highest BCUT2D eigenvalue weighted by atomic mass is 19.1. The summed E-state index contributed by atoms with van der Waals surface area (Å²) in [6, 6.07) is 6.96. The Hall–Kier alpha value is -2.11. The molecular weight excluding hydrogens is 355 g/mol. The van der Waals surface area contributed by atoms with Crippen LogP contribution in [0.3, 0.4) is 0 Å². The minimum absolute atomic E-state index is 0.00319. The van der Waals surface area contributed by atoms with E-state index in [1.165, 1.54) is 18.4 Å². The number of benzene rings is 1. The quantitative estimate of drug-likeness (QED) is 0.581. The van der Waals surface area contributed by atoms with Crippen LogP contribution in [0.5, 0.6) is 0 Å². The van der Waals surface area contributed by atoms with E-state index < -0.39 is 0 Å². The largest absolute Gasteiger partial charge is 0.370 e. The Morgan fingerprint density at radius 2 is 2.00 bits per heavy atom. The highest BCUT2D eigenvalue weighted by Gasteiger charge is 2.36. The van der Waals surface area contributed by atoms with Crippen LogP contribution in [-0.4, -0.2) is 42.9 Å². The van der Waals surface area contributed by atoms with Gasteiger partial charge in [-0.05, 0) is 56.2 Å². The van der Waals surface area contributed by atoms with Crippen LogP contribution in [-0.2, 0) is 10.2 Å². The number of primary amides is 1. The molecule has 1 heterocycles. The predicted molar refractivity (Wildman–Crippen MR) is 111 cm³/mol. The molecule has 5 nitrogen and oxygen atoms in total. The Labute approximate surface area is 167 Å². The Bertz CT molecular complexity index is 682. The van der Waals surface area contributed by atoms with Gasteiger partial charge in [-0.15, -0.1) is 0 Å². The number of nitrogens with one attached hydrogen (secondary N) is 1. The summed E-state index contributed by atoms with van der Waals surface area (Å²) in [4.78, 5) is 18.6. The molecule has 1 saturated carbocycles. The molecular formula is C22H33FN4O. The van der Waals surface area contributed by atoms with Crippen LogP contribution < -0.4 is 11.1 Å². The SMILES string of the molecule is CCNC(=NCC1(c2ccc(F)cc2)CCCC1)N1CCCC(CC(N)=O)C1. The average molecular weight is 389 g/mol. The number of nitrogens with zero attached hydrogens (tertiary/aromatic N) is 2. The minimum Gasteiger partial charge on any atom is -0.370 e. The smallest absolute Gasteiger partial charge is 0.217 e. The van der Waals surface area contributed by atoms with Crippen LogP contribution in [0.15, 0.2) is 29.3 Å². The van der Waals surface area contributed by atoms with Gasteiger partial charge >= 0.3 is 0 Å². The van der Waals surface area contributed by atoms with Gasteiger partial charge in [0, 0.05) is 31.5 Å². The van der Waals surface area contributed by atoms with Crippen molar-refractivity contribution in [1.29, 1.82) is 0 Å². The zero-order valence-corrected chi connectivity index (χ0v) is 16.9. The molecule has 1 atom stereocenters. The van der Waals surface area contributed by atoms with Gasteiger partial charge in [0.25, 0.3) is 0 Å². The molecule has 6 heteroatoms. The number of amides is 1. The highest BCUT2D eigenvalue weighted by molar-refractivity contribution is 5.80. The maximum Gasteiger partial charge on any atom is 0.217 e. The summed E-state index contributed by atoms with van der Waals surface area (Å²) in [5.74, 6) is 0.801. The summed E-state index contributed by atoms with van der Waals surface area (Å²) in [6.45, 7) is 5.35. The molecule has 3 rings (SSSR count). The summed E-state index contributed by atoms with van der Waals surface area (Å²) in [7, 11) is 0. The van der Waals surface area contributed by atoms with Crippen LogP contribution in [0, 0.1) is 11.7 Å². The van der Waals surface area contributed by atoms with E-state index in [0.717, 1.165) is 51.3 Å². The fourth-order valence-corrected chi connectivity index (χ4v) is 4.75. The third kappa shape index (κ3) is 5.03. The van der Waals surface area contributed by atoms with Crippen molar-refractivity contribution in [2.45, 2.75) is 57.3 Å². The van der Waals surface area contributed by atoms with Crippen molar-refractivity contribution in [2.75, 3.05) is 26.2 Å². The van der Waals surface area contributed by atoms with Crippen molar-refractivity contribution in [3.05, 3.63) is 35.6 Å². The lowest BCUT2D eigenvalue weighted by Gasteiger charge is -2.35. The standard InChI is InChI=1S/C22H33FN4O/c1-2-25-21(27-13-5-6-17(15-27)14-20(24)28)26-16-22(11-3-4-12-22)18-7-9-19(23)10-8-18/h7-10,17H,2-6,11-16H2,1H3,(H2,24,28)(H,25,26). The zero-order valence-electron chi connectivity index (χ0n) is 16.9. The fraction of sp³-hybridized carbons (Fsp3) is 0.636. The number of hydrogen-bond acceptors (Lipinski definition) is 2. The second-order valence-corrected chi connectivity index (χ2v) is 8.29. The van der Waals surface area contributed by atoms with Gasteiger partial charge in [-0.3, -0.25) is 9.79 Å². The van der Waals surface area contributed by atoms with Gasteiger partial charge < -0.3 is 16.0 Å². The number of carbonyl (C=O) groups excluding carboxylic acids is 1. The molecule has 28 heavy (non-hydrogen) atoms. The number of nitrogens with two attached hydrogens (primary N) is 1. The summed E-state index contributed by atoms with van der Waals surface area (Å²) in [5.41, 5.74) is 6.60. The van der Waals surface area contributed by atoms with E-state index in [-0.39, 0.29) is 17.1 Å². The Kier molecular flexibility index (Phi) is 6.92. The van der Waals surface area contributed by atoms with Crippen molar-refractivity contribution < 1.29 is 9.18 Å². The molecule has 1 aromatic rings. The number of hydrogen-bond donors (Lipinski definition) is 2. The Morgan fingerprint density at radius 1 is 1.29 bits per heavy atom. The normalized spacial score (nSPS) is 22.3. The molecule has 1 aliphatic heterocycles. The van der Waals surface area contributed by atoms with Gasteiger partial charge in [0.1, 0.15) is 5.82 Å². The maximum atomic E-state index is 13.4. The number of likely N-dealkylation sites (tertiary alicyclic amines) is 1. The molecule has 0 radical (unpaired) electrons. The van der Waals surface area contributed by atoms with Gasteiger partial charge in [-0.25, -0.2) is 4.39 Å². The van der Waals surface area contributed by atoms with Crippen LogP contribution >= 0.6 is 0 Å². The first kappa shape index (κ1) is 20.6. The van der Waals surface area contributed by atoms with Crippen molar-refractivity contribution in [3.8, 4) is 0 Å². The molecule has 1 saturated heterocycles.